The number of halogens is 1. The molecule has 1 saturated heterocycles. The molecular formula is C21H37IN4O2. The van der Waals surface area contributed by atoms with E-state index in [9.17, 15) is 0 Å². The lowest BCUT2D eigenvalue weighted by Gasteiger charge is -2.31. The van der Waals surface area contributed by atoms with Gasteiger partial charge in [-0.1, -0.05) is 13.8 Å². The molecular weight excluding hydrogens is 467 g/mol. The maximum Gasteiger partial charge on any atom is 0.191 e. The van der Waals surface area contributed by atoms with Crippen LogP contribution < -0.4 is 20.1 Å². The average Bonchev–Trinajstić information content (AvgIpc) is 3.20. The molecule has 2 N–H and O–H groups in total. The maximum absolute atomic E-state index is 5.48. The highest BCUT2D eigenvalue weighted by Gasteiger charge is 2.24. The van der Waals surface area contributed by atoms with Crippen molar-refractivity contribution in [3.05, 3.63) is 23.8 Å². The second-order valence-corrected chi connectivity index (χ2v) is 7.31. The van der Waals surface area contributed by atoms with Crippen molar-refractivity contribution in [2.45, 2.75) is 46.2 Å². The highest BCUT2D eigenvalue weighted by atomic mass is 127. The fourth-order valence-electron chi connectivity index (χ4n) is 3.55. The fourth-order valence-corrected chi connectivity index (χ4v) is 3.55. The summed E-state index contributed by atoms with van der Waals surface area (Å²) in [5.41, 5.74) is 1.04. The van der Waals surface area contributed by atoms with Gasteiger partial charge in [0.15, 0.2) is 5.96 Å². The molecule has 1 heterocycles. The molecule has 0 amide bonds. The highest BCUT2D eigenvalue weighted by molar-refractivity contribution is 14.0. The van der Waals surface area contributed by atoms with Gasteiger partial charge < -0.3 is 20.1 Å². The van der Waals surface area contributed by atoms with Gasteiger partial charge in [-0.3, -0.25) is 4.90 Å². The number of guanidine groups is 1. The molecule has 1 aromatic rings. The molecule has 1 atom stereocenters. The predicted molar refractivity (Wildman–Crippen MR) is 127 cm³/mol. The van der Waals surface area contributed by atoms with Crippen LogP contribution in [-0.2, 0) is 6.54 Å². The van der Waals surface area contributed by atoms with Crippen molar-refractivity contribution in [1.82, 2.24) is 15.5 Å². The quantitative estimate of drug-likeness (QED) is 0.307. The van der Waals surface area contributed by atoms with E-state index in [0.29, 0.717) is 18.5 Å². The Morgan fingerprint density at radius 1 is 1.14 bits per heavy atom. The molecule has 28 heavy (non-hydrogen) atoms. The van der Waals surface area contributed by atoms with E-state index in [1.807, 2.05) is 18.2 Å². The van der Waals surface area contributed by atoms with Crippen molar-refractivity contribution < 1.29 is 9.47 Å². The van der Waals surface area contributed by atoms with Crippen LogP contribution in [0.3, 0.4) is 0 Å². The Balaban J connectivity index is 0.00000392. The summed E-state index contributed by atoms with van der Waals surface area (Å²) in [4.78, 5) is 7.37. The molecule has 1 aliphatic heterocycles. The van der Waals surface area contributed by atoms with Crippen LogP contribution in [0.5, 0.6) is 11.5 Å². The van der Waals surface area contributed by atoms with Gasteiger partial charge in [-0.15, -0.1) is 24.0 Å². The number of hydrogen-bond donors (Lipinski definition) is 2. The van der Waals surface area contributed by atoms with E-state index >= 15 is 0 Å². The molecule has 1 unspecified atom stereocenters. The number of hydrogen-bond acceptors (Lipinski definition) is 4. The maximum atomic E-state index is 5.48. The lowest BCUT2D eigenvalue weighted by molar-refractivity contribution is 0.192. The van der Waals surface area contributed by atoms with Crippen LogP contribution in [0.25, 0.3) is 0 Å². The Hall–Kier alpha value is -1.22. The zero-order valence-corrected chi connectivity index (χ0v) is 20.3. The van der Waals surface area contributed by atoms with Crippen molar-refractivity contribution in [2.24, 2.45) is 10.9 Å². The van der Waals surface area contributed by atoms with Gasteiger partial charge in [0.2, 0.25) is 0 Å². The average molecular weight is 504 g/mol. The van der Waals surface area contributed by atoms with Crippen molar-refractivity contribution in [3.8, 4) is 11.5 Å². The Morgan fingerprint density at radius 2 is 1.86 bits per heavy atom. The van der Waals surface area contributed by atoms with E-state index in [4.69, 9.17) is 14.5 Å². The standard InChI is InChI=1S/C21H36N4O2.HI/c1-6-22-21(24-15-19(16(2)3)25-11-7-8-12-25)23-14-17-9-10-18(26-4)13-20(17)27-5;/h9-10,13,16,19H,6-8,11-12,14-15H2,1-5H3,(H2,22,23,24);1H. The fraction of sp³-hybridized carbons (Fsp3) is 0.667. The summed E-state index contributed by atoms with van der Waals surface area (Å²) in [6.07, 6.45) is 2.63. The first-order valence-electron chi connectivity index (χ1n) is 10.1. The molecule has 0 saturated carbocycles. The van der Waals surface area contributed by atoms with Gasteiger partial charge >= 0.3 is 0 Å². The number of benzene rings is 1. The Morgan fingerprint density at radius 3 is 2.43 bits per heavy atom. The van der Waals surface area contributed by atoms with Gasteiger partial charge in [0.1, 0.15) is 11.5 Å². The molecule has 160 valence electrons. The molecule has 6 nitrogen and oxygen atoms in total. The molecule has 1 fully saturated rings. The lowest BCUT2D eigenvalue weighted by atomic mass is 10.0. The number of ether oxygens (including phenoxy) is 2. The Kier molecular flexibility index (Phi) is 11.6. The number of methoxy groups -OCH3 is 2. The van der Waals surface area contributed by atoms with Crippen molar-refractivity contribution >= 4 is 29.9 Å². The zero-order chi connectivity index (χ0) is 19.6. The molecule has 0 aromatic heterocycles. The minimum Gasteiger partial charge on any atom is -0.497 e. The third kappa shape index (κ3) is 7.31. The number of likely N-dealkylation sites (tertiary alicyclic amines) is 1. The topological polar surface area (TPSA) is 58.1 Å². The first kappa shape index (κ1) is 24.8. The smallest absolute Gasteiger partial charge is 0.191 e. The second-order valence-electron chi connectivity index (χ2n) is 7.31. The molecule has 2 rings (SSSR count). The van der Waals surface area contributed by atoms with Crippen molar-refractivity contribution in [2.75, 3.05) is 40.4 Å². The van der Waals surface area contributed by atoms with Crippen LogP contribution in [0.15, 0.2) is 23.2 Å². The molecule has 0 radical (unpaired) electrons. The van der Waals surface area contributed by atoms with Crippen LogP contribution in [0.2, 0.25) is 0 Å². The summed E-state index contributed by atoms with van der Waals surface area (Å²) in [7, 11) is 3.33. The SMILES string of the molecule is CCNC(=NCc1ccc(OC)cc1OC)NCC(C(C)C)N1CCCC1.I. The van der Waals surface area contributed by atoms with Crippen LogP contribution in [0, 0.1) is 5.92 Å². The van der Waals surface area contributed by atoms with Crippen LogP contribution in [-0.4, -0.2) is 57.3 Å². The molecule has 1 aliphatic rings. The molecule has 0 aliphatic carbocycles. The third-order valence-electron chi connectivity index (χ3n) is 5.10. The van der Waals surface area contributed by atoms with Gasteiger partial charge in [0.05, 0.1) is 20.8 Å². The van der Waals surface area contributed by atoms with Gasteiger partial charge in [-0.05, 0) is 50.9 Å². The van der Waals surface area contributed by atoms with Gasteiger partial charge in [0, 0.05) is 30.8 Å². The van der Waals surface area contributed by atoms with E-state index in [1.165, 1.54) is 25.9 Å². The normalized spacial score (nSPS) is 15.9. The van der Waals surface area contributed by atoms with Crippen LogP contribution in [0.1, 0.15) is 39.2 Å². The third-order valence-corrected chi connectivity index (χ3v) is 5.10. The number of nitrogens with zero attached hydrogens (tertiary/aromatic N) is 2. The molecule has 1 aromatic carbocycles. The van der Waals surface area contributed by atoms with Crippen molar-refractivity contribution in [3.63, 3.8) is 0 Å². The number of nitrogens with one attached hydrogen (secondary N) is 2. The summed E-state index contributed by atoms with van der Waals surface area (Å²) in [6, 6.07) is 6.38. The van der Waals surface area contributed by atoms with E-state index in [2.05, 4.69) is 36.3 Å². The minimum atomic E-state index is 0. The summed E-state index contributed by atoms with van der Waals surface area (Å²) in [6.45, 7) is 11.4. The largest absolute Gasteiger partial charge is 0.497 e. The number of aliphatic imine (C=N–C) groups is 1. The summed E-state index contributed by atoms with van der Waals surface area (Å²) >= 11 is 0. The lowest BCUT2D eigenvalue weighted by Crippen LogP contribution is -2.48. The summed E-state index contributed by atoms with van der Waals surface area (Å²) in [5, 5.41) is 6.89. The van der Waals surface area contributed by atoms with E-state index in [1.54, 1.807) is 14.2 Å². The van der Waals surface area contributed by atoms with E-state index < -0.39 is 0 Å². The number of rotatable bonds is 9. The molecule has 0 bridgehead atoms. The predicted octanol–water partition coefficient (Wildman–Crippen LogP) is 3.50. The van der Waals surface area contributed by atoms with Gasteiger partial charge in [0.25, 0.3) is 0 Å². The monoisotopic (exact) mass is 504 g/mol. The zero-order valence-electron chi connectivity index (χ0n) is 18.0. The second kappa shape index (κ2) is 13.1. The van der Waals surface area contributed by atoms with Crippen LogP contribution >= 0.6 is 24.0 Å². The summed E-state index contributed by atoms with van der Waals surface area (Å²) < 4.78 is 10.7. The highest BCUT2D eigenvalue weighted by Crippen LogP contribution is 2.25. The first-order valence-corrected chi connectivity index (χ1v) is 10.1. The van der Waals surface area contributed by atoms with E-state index in [0.717, 1.165) is 36.1 Å². The Labute approximate surface area is 187 Å². The van der Waals surface area contributed by atoms with Gasteiger partial charge in [-0.2, -0.15) is 0 Å². The molecule has 0 spiro atoms. The first-order chi connectivity index (χ1) is 13.1. The van der Waals surface area contributed by atoms with Crippen molar-refractivity contribution in [1.29, 1.82) is 0 Å². The van der Waals surface area contributed by atoms with Crippen LogP contribution in [0.4, 0.5) is 0 Å². The minimum absolute atomic E-state index is 0. The summed E-state index contributed by atoms with van der Waals surface area (Å²) in [5.74, 6) is 3.04. The Bertz CT molecular complexity index is 604. The van der Waals surface area contributed by atoms with E-state index in [-0.39, 0.29) is 24.0 Å². The molecule has 7 heteroatoms. The van der Waals surface area contributed by atoms with Gasteiger partial charge in [-0.25, -0.2) is 4.99 Å².